The Labute approximate surface area is 151 Å². The summed E-state index contributed by atoms with van der Waals surface area (Å²) < 4.78 is 4.94. The standard InChI is InChI=1S/C17H17NO6.C2H6/c1-24-15-6-2-10(8-14(15)20)3-7-16(21)18-13-9-11(19)4-5-12(13)17(22)23;1-2/h2,4-6,8-9,19-20H,3,7H2,1H3,(H,18,21)(H,22,23);1-2H3. The molecule has 0 spiro atoms. The van der Waals surface area contributed by atoms with E-state index in [1.54, 1.807) is 12.1 Å². The Morgan fingerprint density at radius 3 is 2.35 bits per heavy atom. The van der Waals surface area contributed by atoms with Gasteiger partial charge in [0.1, 0.15) is 5.75 Å². The van der Waals surface area contributed by atoms with E-state index in [2.05, 4.69) is 5.32 Å². The lowest BCUT2D eigenvalue weighted by Gasteiger charge is -2.10. The quantitative estimate of drug-likeness (QED) is 0.627. The fourth-order valence-electron chi connectivity index (χ4n) is 2.18. The van der Waals surface area contributed by atoms with Crippen molar-refractivity contribution < 1.29 is 29.6 Å². The van der Waals surface area contributed by atoms with Crippen LogP contribution in [0.4, 0.5) is 5.69 Å². The summed E-state index contributed by atoms with van der Waals surface area (Å²) >= 11 is 0. The predicted molar refractivity (Wildman–Crippen MR) is 98.0 cm³/mol. The van der Waals surface area contributed by atoms with Crippen molar-refractivity contribution in [2.75, 3.05) is 12.4 Å². The van der Waals surface area contributed by atoms with Crippen LogP contribution < -0.4 is 10.1 Å². The molecule has 0 fully saturated rings. The summed E-state index contributed by atoms with van der Waals surface area (Å²) in [4.78, 5) is 23.1. The number of benzene rings is 2. The molecule has 0 radical (unpaired) electrons. The van der Waals surface area contributed by atoms with Crippen LogP contribution in [-0.4, -0.2) is 34.3 Å². The van der Waals surface area contributed by atoms with Gasteiger partial charge in [-0.1, -0.05) is 19.9 Å². The molecule has 0 aromatic heterocycles. The van der Waals surface area contributed by atoms with Gasteiger partial charge >= 0.3 is 5.97 Å². The number of carboxylic acids is 1. The molecule has 0 saturated heterocycles. The molecule has 0 atom stereocenters. The topological polar surface area (TPSA) is 116 Å². The maximum Gasteiger partial charge on any atom is 0.337 e. The minimum Gasteiger partial charge on any atom is -0.508 e. The number of aromatic carboxylic acids is 1. The monoisotopic (exact) mass is 361 g/mol. The molecule has 0 aliphatic carbocycles. The van der Waals surface area contributed by atoms with Crippen LogP contribution in [0.3, 0.4) is 0 Å². The van der Waals surface area contributed by atoms with E-state index >= 15 is 0 Å². The zero-order valence-electron chi connectivity index (χ0n) is 14.9. The van der Waals surface area contributed by atoms with Crippen molar-refractivity contribution in [2.24, 2.45) is 0 Å². The summed E-state index contributed by atoms with van der Waals surface area (Å²) in [5.74, 6) is -1.43. The molecule has 0 aliphatic rings. The molecule has 2 rings (SSSR count). The highest BCUT2D eigenvalue weighted by atomic mass is 16.5. The third kappa shape index (κ3) is 5.70. The number of amides is 1. The number of aryl methyl sites for hydroxylation is 1. The summed E-state index contributed by atoms with van der Waals surface area (Å²) in [6, 6.07) is 8.46. The summed E-state index contributed by atoms with van der Waals surface area (Å²) in [6.07, 6.45) is 0.436. The zero-order valence-corrected chi connectivity index (χ0v) is 14.9. The van der Waals surface area contributed by atoms with Gasteiger partial charge in [0.15, 0.2) is 11.5 Å². The first kappa shape index (κ1) is 20.8. The highest BCUT2D eigenvalue weighted by molar-refractivity contribution is 6.00. The molecule has 0 heterocycles. The van der Waals surface area contributed by atoms with Crippen LogP contribution in [0.25, 0.3) is 0 Å². The van der Waals surface area contributed by atoms with Gasteiger partial charge in [0.25, 0.3) is 0 Å². The number of hydrogen-bond acceptors (Lipinski definition) is 5. The first-order chi connectivity index (χ1) is 12.4. The van der Waals surface area contributed by atoms with E-state index in [-0.39, 0.29) is 29.2 Å². The Morgan fingerprint density at radius 1 is 1.08 bits per heavy atom. The van der Waals surface area contributed by atoms with Crippen LogP contribution in [0.5, 0.6) is 17.2 Å². The third-order valence-electron chi connectivity index (χ3n) is 3.39. The van der Waals surface area contributed by atoms with Crippen molar-refractivity contribution in [3.05, 3.63) is 47.5 Å². The number of phenols is 2. The highest BCUT2D eigenvalue weighted by Gasteiger charge is 2.13. The predicted octanol–water partition coefficient (Wildman–Crippen LogP) is 3.40. The number of aromatic hydroxyl groups is 2. The van der Waals surface area contributed by atoms with Gasteiger partial charge in [0.05, 0.1) is 18.4 Å². The highest BCUT2D eigenvalue weighted by Crippen LogP contribution is 2.27. The van der Waals surface area contributed by atoms with Gasteiger partial charge in [-0.15, -0.1) is 0 Å². The lowest BCUT2D eigenvalue weighted by Crippen LogP contribution is -2.15. The van der Waals surface area contributed by atoms with E-state index in [9.17, 15) is 19.8 Å². The molecule has 0 saturated carbocycles. The Kier molecular flexibility index (Phi) is 7.95. The second-order valence-corrected chi connectivity index (χ2v) is 5.09. The molecule has 2 aromatic carbocycles. The van der Waals surface area contributed by atoms with Crippen molar-refractivity contribution >= 4 is 17.6 Å². The maximum absolute atomic E-state index is 12.0. The van der Waals surface area contributed by atoms with Crippen LogP contribution in [0.1, 0.15) is 36.2 Å². The van der Waals surface area contributed by atoms with Gasteiger partial charge in [-0.25, -0.2) is 4.79 Å². The summed E-state index contributed by atoms with van der Waals surface area (Å²) in [6.45, 7) is 4.00. The van der Waals surface area contributed by atoms with Gasteiger partial charge in [0, 0.05) is 12.5 Å². The van der Waals surface area contributed by atoms with E-state index < -0.39 is 11.9 Å². The summed E-state index contributed by atoms with van der Waals surface area (Å²) in [5.41, 5.74) is 0.658. The Hall–Kier alpha value is -3.22. The molecular formula is C19H23NO6. The number of anilines is 1. The number of nitrogens with one attached hydrogen (secondary N) is 1. The van der Waals surface area contributed by atoms with Gasteiger partial charge in [-0.05, 0) is 36.2 Å². The number of carbonyl (C=O) groups excluding carboxylic acids is 1. The molecule has 4 N–H and O–H groups in total. The van der Waals surface area contributed by atoms with Gasteiger partial charge < -0.3 is 25.4 Å². The van der Waals surface area contributed by atoms with E-state index in [0.29, 0.717) is 12.2 Å². The molecule has 2 aromatic rings. The first-order valence-electron chi connectivity index (χ1n) is 8.12. The van der Waals surface area contributed by atoms with Gasteiger partial charge in [0.2, 0.25) is 5.91 Å². The van der Waals surface area contributed by atoms with Crippen molar-refractivity contribution in [1.29, 1.82) is 0 Å². The minimum atomic E-state index is -1.20. The summed E-state index contributed by atoms with van der Waals surface area (Å²) in [5, 5.41) is 30.7. The molecule has 0 bridgehead atoms. The Balaban J connectivity index is 0.00000163. The fraction of sp³-hybridized carbons (Fsp3) is 0.263. The zero-order chi connectivity index (χ0) is 19.7. The van der Waals surface area contributed by atoms with Gasteiger partial charge in [-0.3, -0.25) is 4.79 Å². The van der Waals surface area contributed by atoms with Crippen LogP contribution in [0.2, 0.25) is 0 Å². The van der Waals surface area contributed by atoms with Crippen LogP contribution in [0.15, 0.2) is 36.4 Å². The van der Waals surface area contributed by atoms with E-state index in [4.69, 9.17) is 9.84 Å². The fourth-order valence-corrected chi connectivity index (χ4v) is 2.18. The SMILES string of the molecule is CC.COc1ccc(CCC(=O)Nc2cc(O)ccc2C(=O)O)cc1O. The normalized spacial score (nSPS) is 9.65. The number of carbonyl (C=O) groups is 2. The Morgan fingerprint density at radius 2 is 1.77 bits per heavy atom. The van der Waals surface area contributed by atoms with Crippen LogP contribution in [-0.2, 0) is 11.2 Å². The number of carboxylic acid groups (broad SMARTS) is 1. The molecule has 26 heavy (non-hydrogen) atoms. The molecule has 0 unspecified atom stereocenters. The average Bonchev–Trinajstić information content (AvgIpc) is 2.61. The van der Waals surface area contributed by atoms with Crippen molar-refractivity contribution in [3.63, 3.8) is 0 Å². The molecule has 7 heteroatoms. The number of methoxy groups -OCH3 is 1. The van der Waals surface area contributed by atoms with Crippen LogP contribution in [0, 0.1) is 0 Å². The third-order valence-corrected chi connectivity index (χ3v) is 3.39. The number of ether oxygens (including phenoxy) is 1. The number of hydrogen-bond donors (Lipinski definition) is 4. The molecule has 1 amide bonds. The molecule has 0 aliphatic heterocycles. The Bertz CT molecular complexity index is 773. The molecule has 140 valence electrons. The second-order valence-electron chi connectivity index (χ2n) is 5.09. The first-order valence-corrected chi connectivity index (χ1v) is 8.12. The second kappa shape index (κ2) is 9.93. The largest absolute Gasteiger partial charge is 0.508 e. The lowest BCUT2D eigenvalue weighted by molar-refractivity contribution is -0.116. The number of phenolic OH excluding ortho intramolecular Hbond substituents is 2. The maximum atomic E-state index is 12.0. The van der Waals surface area contributed by atoms with Crippen molar-refractivity contribution in [2.45, 2.75) is 26.7 Å². The number of rotatable bonds is 6. The van der Waals surface area contributed by atoms with Crippen molar-refractivity contribution in [3.8, 4) is 17.2 Å². The minimum absolute atomic E-state index is 0.0171. The average molecular weight is 361 g/mol. The smallest absolute Gasteiger partial charge is 0.337 e. The molecular weight excluding hydrogens is 338 g/mol. The van der Waals surface area contributed by atoms with E-state index in [1.165, 1.54) is 31.4 Å². The van der Waals surface area contributed by atoms with E-state index in [0.717, 1.165) is 5.56 Å². The van der Waals surface area contributed by atoms with E-state index in [1.807, 2.05) is 13.8 Å². The lowest BCUT2D eigenvalue weighted by atomic mass is 10.1. The molecule has 7 nitrogen and oxygen atoms in total. The van der Waals surface area contributed by atoms with Gasteiger partial charge in [-0.2, -0.15) is 0 Å². The van der Waals surface area contributed by atoms with Crippen molar-refractivity contribution in [1.82, 2.24) is 0 Å². The van der Waals surface area contributed by atoms with Crippen LogP contribution >= 0.6 is 0 Å². The summed E-state index contributed by atoms with van der Waals surface area (Å²) in [7, 11) is 1.44.